The number of carbonyl (C=O) groups is 1. The van der Waals surface area contributed by atoms with Gasteiger partial charge in [-0.05, 0) is 62.7 Å². The molecule has 0 bridgehead atoms. The minimum Gasteiger partial charge on any atom is -0.352 e. The van der Waals surface area contributed by atoms with Gasteiger partial charge in [0.2, 0.25) is 0 Å². The van der Waals surface area contributed by atoms with Gasteiger partial charge in [-0.25, -0.2) is 13.4 Å². The Morgan fingerprint density at radius 3 is 2.50 bits per heavy atom. The smallest absolute Gasteiger partial charge is 0.264 e. The molecular weight excluding hydrogens is 448 g/mol. The van der Waals surface area contributed by atoms with Gasteiger partial charge in [0.15, 0.2) is 0 Å². The van der Waals surface area contributed by atoms with Crippen LogP contribution in [0.15, 0.2) is 83.8 Å². The lowest BCUT2D eigenvalue weighted by atomic mass is 10.2. The quantitative estimate of drug-likeness (QED) is 0.363. The molecular formula is C26H28N4O3S. The van der Waals surface area contributed by atoms with Crippen LogP contribution >= 0.6 is 0 Å². The topological polar surface area (TPSA) is 84.3 Å². The van der Waals surface area contributed by atoms with E-state index in [9.17, 15) is 13.2 Å². The maximum absolute atomic E-state index is 13.3. The summed E-state index contributed by atoms with van der Waals surface area (Å²) in [5.41, 5.74) is 2.93. The van der Waals surface area contributed by atoms with Crippen molar-refractivity contribution in [1.82, 2.24) is 14.9 Å². The number of fused-ring (bicyclic) bond motifs is 1. The van der Waals surface area contributed by atoms with Crippen molar-refractivity contribution in [2.75, 3.05) is 17.4 Å². The predicted molar refractivity (Wildman–Crippen MR) is 135 cm³/mol. The van der Waals surface area contributed by atoms with E-state index in [1.807, 2.05) is 37.3 Å². The first-order chi connectivity index (χ1) is 16.4. The molecule has 4 aromatic rings. The summed E-state index contributed by atoms with van der Waals surface area (Å²) < 4.78 is 30.0. The molecule has 0 saturated heterocycles. The summed E-state index contributed by atoms with van der Waals surface area (Å²) in [5, 5.41) is 2.90. The van der Waals surface area contributed by atoms with Gasteiger partial charge in [0.05, 0.1) is 21.6 Å². The Morgan fingerprint density at radius 2 is 1.74 bits per heavy atom. The summed E-state index contributed by atoms with van der Waals surface area (Å²) in [6, 6.07) is 23.1. The highest BCUT2D eigenvalue weighted by Crippen LogP contribution is 2.24. The van der Waals surface area contributed by atoms with Crippen molar-refractivity contribution < 1.29 is 13.2 Å². The lowest BCUT2D eigenvalue weighted by molar-refractivity contribution is 0.0952. The van der Waals surface area contributed by atoms with Crippen LogP contribution in [0.25, 0.3) is 11.0 Å². The lowest BCUT2D eigenvalue weighted by Crippen LogP contribution is -2.31. The fourth-order valence-corrected chi connectivity index (χ4v) is 5.55. The number of hydrogen-bond acceptors (Lipinski definition) is 4. The summed E-state index contributed by atoms with van der Waals surface area (Å²) in [4.78, 5) is 17.4. The number of para-hydroxylation sites is 3. The first-order valence-corrected chi connectivity index (χ1v) is 12.7. The minimum absolute atomic E-state index is 0.0892. The molecule has 4 rings (SSSR count). The van der Waals surface area contributed by atoms with Gasteiger partial charge in [-0.2, -0.15) is 0 Å². The van der Waals surface area contributed by atoms with Crippen LogP contribution in [-0.2, 0) is 16.6 Å². The summed E-state index contributed by atoms with van der Waals surface area (Å²) in [6.07, 6.45) is 0.725. The van der Waals surface area contributed by atoms with Crippen LogP contribution in [0.1, 0.15) is 29.5 Å². The third-order valence-corrected chi connectivity index (χ3v) is 7.60. The first kappa shape index (κ1) is 23.5. The van der Waals surface area contributed by atoms with E-state index in [0.717, 1.165) is 29.8 Å². The maximum atomic E-state index is 13.3. The Labute approximate surface area is 200 Å². The van der Waals surface area contributed by atoms with E-state index in [0.29, 0.717) is 17.8 Å². The molecule has 176 valence electrons. The maximum Gasteiger partial charge on any atom is 0.264 e. The Balaban J connectivity index is 1.42. The van der Waals surface area contributed by atoms with Crippen LogP contribution in [0.5, 0.6) is 0 Å². The first-order valence-electron chi connectivity index (χ1n) is 11.3. The van der Waals surface area contributed by atoms with Crippen molar-refractivity contribution in [2.45, 2.75) is 31.7 Å². The SMILES string of the molecule is CCN(c1ccccc1)S(=O)(=O)c1cccc(C(=O)NCCCn2c(C)nc3ccccc32)c1. The third kappa shape index (κ3) is 4.82. The number of sulfonamides is 1. The number of nitrogens with one attached hydrogen (secondary N) is 1. The summed E-state index contributed by atoms with van der Waals surface area (Å²) in [5.74, 6) is 0.636. The van der Waals surface area contributed by atoms with Crippen molar-refractivity contribution >= 4 is 32.7 Å². The molecule has 8 heteroatoms. The van der Waals surface area contributed by atoms with Crippen molar-refractivity contribution in [2.24, 2.45) is 0 Å². The second-order valence-corrected chi connectivity index (χ2v) is 9.80. The summed E-state index contributed by atoms with van der Waals surface area (Å²) in [6.45, 7) is 5.23. The normalized spacial score (nSPS) is 11.5. The second-order valence-electron chi connectivity index (χ2n) is 7.94. The fraction of sp³-hybridized carbons (Fsp3) is 0.231. The largest absolute Gasteiger partial charge is 0.352 e. The molecule has 0 aliphatic rings. The van der Waals surface area contributed by atoms with Gasteiger partial charge in [-0.3, -0.25) is 9.10 Å². The standard InChI is InChI=1S/C26H28N4O3S/c1-3-30(22-12-5-4-6-13-22)34(32,33)23-14-9-11-21(19-23)26(31)27-17-10-18-29-20(2)28-24-15-7-8-16-25(24)29/h4-9,11-16,19H,3,10,17-18H2,1-2H3,(H,27,31). The van der Waals surface area contributed by atoms with Crippen molar-refractivity contribution in [3.8, 4) is 0 Å². The number of anilines is 1. The van der Waals surface area contributed by atoms with Crippen LogP contribution < -0.4 is 9.62 Å². The number of aryl methyl sites for hydroxylation is 2. The zero-order valence-electron chi connectivity index (χ0n) is 19.3. The molecule has 0 aliphatic carbocycles. The number of hydrogen-bond donors (Lipinski definition) is 1. The molecule has 0 spiro atoms. The zero-order chi connectivity index (χ0) is 24.1. The van der Waals surface area contributed by atoms with E-state index < -0.39 is 10.0 Å². The summed E-state index contributed by atoms with van der Waals surface area (Å²) >= 11 is 0. The Kier molecular flexibility index (Phi) is 6.98. The Hall–Kier alpha value is -3.65. The molecule has 0 atom stereocenters. The van der Waals surface area contributed by atoms with E-state index in [2.05, 4.69) is 14.9 Å². The molecule has 3 aromatic carbocycles. The molecule has 1 amide bonds. The molecule has 1 N–H and O–H groups in total. The number of amides is 1. The fourth-order valence-electron chi connectivity index (χ4n) is 4.03. The number of rotatable bonds is 9. The highest BCUT2D eigenvalue weighted by Gasteiger charge is 2.24. The summed E-state index contributed by atoms with van der Waals surface area (Å²) in [7, 11) is -3.80. The number of aromatic nitrogens is 2. The zero-order valence-corrected chi connectivity index (χ0v) is 20.1. The highest BCUT2D eigenvalue weighted by molar-refractivity contribution is 7.92. The minimum atomic E-state index is -3.80. The van der Waals surface area contributed by atoms with E-state index in [1.165, 1.54) is 16.4 Å². The molecule has 1 heterocycles. The molecule has 0 aliphatic heterocycles. The number of imidazole rings is 1. The van der Waals surface area contributed by atoms with Crippen LogP contribution in [-0.4, -0.2) is 37.0 Å². The predicted octanol–water partition coefficient (Wildman–Crippen LogP) is 4.38. The monoisotopic (exact) mass is 476 g/mol. The van der Waals surface area contributed by atoms with Gasteiger partial charge in [-0.1, -0.05) is 36.4 Å². The van der Waals surface area contributed by atoms with Crippen LogP contribution in [0, 0.1) is 6.92 Å². The van der Waals surface area contributed by atoms with E-state index in [1.54, 1.807) is 43.3 Å². The molecule has 0 radical (unpaired) electrons. The Morgan fingerprint density at radius 1 is 1.00 bits per heavy atom. The second kappa shape index (κ2) is 10.1. The molecule has 0 unspecified atom stereocenters. The van der Waals surface area contributed by atoms with Gasteiger partial charge in [0.1, 0.15) is 5.82 Å². The van der Waals surface area contributed by atoms with Crippen molar-refractivity contribution in [3.63, 3.8) is 0 Å². The van der Waals surface area contributed by atoms with Gasteiger partial charge in [-0.15, -0.1) is 0 Å². The van der Waals surface area contributed by atoms with Gasteiger partial charge in [0, 0.05) is 25.2 Å². The molecule has 0 saturated carbocycles. The average molecular weight is 477 g/mol. The molecule has 1 aromatic heterocycles. The van der Waals surface area contributed by atoms with Crippen molar-refractivity contribution in [1.29, 1.82) is 0 Å². The van der Waals surface area contributed by atoms with Crippen molar-refractivity contribution in [3.05, 3.63) is 90.3 Å². The number of benzene rings is 3. The van der Waals surface area contributed by atoms with Gasteiger partial charge in [0.25, 0.3) is 15.9 Å². The van der Waals surface area contributed by atoms with Crippen LogP contribution in [0.2, 0.25) is 0 Å². The molecule has 0 fully saturated rings. The van der Waals surface area contributed by atoms with Gasteiger partial charge < -0.3 is 9.88 Å². The number of nitrogens with zero attached hydrogens (tertiary/aromatic N) is 3. The average Bonchev–Trinajstić information content (AvgIpc) is 3.17. The molecule has 7 nitrogen and oxygen atoms in total. The van der Waals surface area contributed by atoms with Gasteiger partial charge >= 0.3 is 0 Å². The molecule has 34 heavy (non-hydrogen) atoms. The van der Waals surface area contributed by atoms with E-state index in [-0.39, 0.29) is 17.3 Å². The van der Waals surface area contributed by atoms with E-state index >= 15 is 0 Å². The van der Waals surface area contributed by atoms with Crippen LogP contribution in [0.3, 0.4) is 0 Å². The highest BCUT2D eigenvalue weighted by atomic mass is 32.2. The Bertz CT molecular complexity index is 1400. The van der Waals surface area contributed by atoms with E-state index in [4.69, 9.17) is 0 Å². The number of carbonyl (C=O) groups excluding carboxylic acids is 1. The lowest BCUT2D eigenvalue weighted by Gasteiger charge is -2.23. The third-order valence-electron chi connectivity index (χ3n) is 5.71. The van der Waals surface area contributed by atoms with Crippen LogP contribution in [0.4, 0.5) is 5.69 Å².